The van der Waals surface area contributed by atoms with Gasteiger partial charge in [0.05, 0.1) is 4.90 Å². The summed E-state index contributed by atoms with van der Waals surface area (Å²) in [6.07, 6.45) is 1.04. The van der Waals surface area contributed by atoms with Crippen LogP contribution >= 0.6 is 15.9 Å². The van der Waals surface area contributed by atoms with Crippen molar-refractivity contribution < 1.29 is 13.2 Å². The van der Waals surface area contributed by atoms with Crippen LogP contribution in [0.25, 0.3) is 0 Å². The van der Waals surface area contributed by atoms with E-state index in [1.165, 1.54) is 4.31 Å². The highest BCUT2D eigenvalue weighted by Gasteiger charge is 2.32. The van der Waals surface area contributed by atoms with Crippen LogP contribution in [0, 0.1) is 12.8 Å². The number of hydrogen-bond acceptors (Lipinski definition) is 3. The van der Waals surface area contributed by atoms with Gasteiger partial charge in [-0.25, -0.2) is 8.42 Å². The first-order valence-electron chi connectivity index (χ1n) is 8.50. The van der Waals surface area contributed by atoms with Crippen molar-refractivity contribution in [1.82, 2.24) is 4.31 Å². The van der Waals surface area contributed by atoms with Crippen molar-refractivity contribution in [3.63, 3.8) is 0 Å². The lowest BCUT2D eigenvalue weighted by Crippen LogP contribution is -2.41. The van der Waals surface area contributed by atoms with Gasteiger partial charge < -0.3 is 5.32 Å². The van der Waals surface area contributed by atoms with Gasteiger partial charge in [0, 0.05) is 29.2 Å². The summed E-state index contributed by atoms with van der Waals surface area (Å²) < 4.78 is 28.0. The molecule has 2 aromatic carbocycles. The van der Waals surface area contributed by atoms with Gasteiger partial charge in [-0.2, -0.15) is 4.31 Å². The van der Waals surface area contributed by atoms with E-state index in [-0.39, 0.29) is 11.8 Å². The molecule has 5 nitrogen and oxygen atoms in total. The highest BCUT2D eigenvalue weighted by atomic mass is 79.9. The van der Waals surface area contributed by atoms with Crippen molar-refractivity contribution in [3.05, 3.63) is 58.6 Å². The number of amides is 1. The van der Waals surface area contributed by atoms with Crippen LogP contribution in [-0.2, 0) is 14.8 Å². The summed E-state index contributed by atoms with van der Waals surface area (Å²) in [7, 11) is -3.53. The van der Waals surface area contributed by atoms with E-state index in [4.69, 9.17) is 0 Å². The van der Waals surface area contributed by atoms with Gasteiger partial charge in [0.1, 0.15) is 0 Å². The van der Waals surface area contributed by atoms with Gasteiger partial charge in [-0.15, -0.1) is 0 Å². The SMILES string of the molecule is Cc1cc(S(=O)(=O)N2CCC(C(=O)Nc3ccccc3)CC2)ccc1Br. The monoisotopic (exact) mass is 436 g/mol. The third-order valence-electron chi connectivity index (χ3n) is 4.63. The number of carbonyl (C=O) groups is 1. The van der Waals surface area contributed by atoms with E-state index in [1.54, 1.807) is 18.2 Å². The summed E-state index contributed by atoms with van der Waals surface area (Å²) >= 11 is 3.39. The van der Waals surface area contributed by atoms with Crippen LogP contribution in [0.15, 0.2) is 57.9 Å². The Hall–Kier alpha value is -1.70. The fourth-order valence-electron chi connectivity index (χ4n) is 3.05. The molecule has 0 aromatic heterocycles. The van der Waals surface area contributed by atoms with Crippen molar-refractivity contribution in [2.45, 2.75) is 24.7 Å². The minimum Gasteiger partial charge on any atom is -0.326 e. The van der Waals surface area contributed by atoms with Gasteiger partial charge >= 0.3 is 0 Å². The summed E-state index contributed by atoms with van der Waals surface area (Å²) in [6, 6.07) is 14.3. The second-order valence-corrected chi connectivity index (χ2v) is 9.24. The molecule has 0 unspecified atom stereocenters. The lowest BCUT2D eigenvalue weighted by Gasteiger charge is -2.30. The lowest BCUT2D eigenvalue weighted by molar-refractivity contribution is -0.120. The zero-order valence-corrected chi connectivity index (χ0v) is 16.9. The van der Waals surface area contributed by atoms with Crippen molar-refractivity contribution in [2.75, 3.05) is 18.4 Å². The molecule has 0 spiro atoms. The molecule has 3 rings (SSSR count). The summed E-state index contributed by atoms with van der Waals surface area (Å²) in [6.45, 7) is 2.57. The van der Waals surface area contributed by atoms with Crippen molar-refractivity contribution in [3.8, 4) is 0 Å². The Labute approximate surface area is 162 Å². The Balaban J connectivity index is 1.64. The van der Waals surface area contributed by atoms with Crippen LogP contribution in [0.1, 0.15) is 18.4 Å². The standard InChI is InChI=1S/C19H21BrN2O3S/c1-14-13-17(7-8-18(14)20)26(24,25)22-11-9-15(10-12-22)19(23)21-16-5-3-2-4-6-16/h2-8,13,15H,9-12H2,1H3,(H,21,23). The highest BCUT2D eigenvalue weighted by Crippen LogP contribution is 2.27. The molecule has 1 fully saturated rings. The molecule has 1 saturated heterocycles. The molecule has 1 aliphatic heterocycles. The molecule has 26 heavy (non-hydrogen) atoms. The average Bonchev–Trinajstić information content (AvgIpc) is 2.65. The molecule has 1 heterocycles. The topological polar surface area (TPSA) is 66.5 Å². The molecular weight excluding hydrogens is 416 g/mol. The summed E-state index contributed by atoms with van der Waals surface area (Å²) in [5.74, 6) is -0.221. The number of rotatable bonds is 4. The van der Waals surface area contributed by atoms with Gasteiger partial charge in [-0.05, 0) is 55.7 Å². The Morgan fingerprint density at radius 3 is 2.38 bits per heavy atom. The molecule has 7 heteroatoms. The first-order valence-corrected chi connectivity index (χ1v) is 10.7. The lowest BCUT2D eigenvalue weighted by atomic mass is 9.97. The van der Waals surface area contributed by atoms with E-state index in [2.05, 4.69) is 21.2 Å². The smallest absolute Gasteiger partial charge is 0.243 e. The maximum Gasteiger partial charge on any atom is 0.243 e. The third kappa shape index (κ3) is 4.16. The number of nitrogens with zero attached hydrogens (tertiary/aromatic N) is 1. The molecule has 0 aliphatic carbocycles. The highest BCUT2D eigenvalue weighted by molar-refractivity contribution is 9.10. The predicted octanol–water partition coefficient (Wildman–Crippen LogP) is 3.80. The van der Waals surface area contributed by atoms with E-state index in [1.807, 2.05) is 37.3 Å². The number of sulfonamides is 1. The molecule has 1 aliphatic rings. The number of anilines is 1. The molecule has 0 radical (unpaired) electrons. The van der Waals surface area contributed by atoms with Gasteiger partial charge in [0.2, 0.25) is 15.9 Å². The molecule has 2 aromatic rings. The fraction of sp³-hybridized carbons (Fsp3) is 0.316. The van der Waals surface area contributed by atoms with Crippen LogP contribution in [0.5, 0.6) is 0 Å². The predicted molar refractivity (Wildman–Crippen MR) is 105 cm³/mol. The van der Waals surface area contributed by atoms with E-state index < -0.39 is 10.0 Å². The molecule has 138 valence electrons. The Kier molecular flexibility index (Phi) is 5.79. The zero-order chi connectivity index (χ0) is 18.7. The second-order valence-electron chi connectivity index (χ2n) is 6.44. The number of halogens is 1. The zero-order valence-electron chi connectivity index (χ0n) is 14.5. The molecule has 0 saturated carbocycles. The Bertz CT molecular complexity index is 892. The number of carbonyl (C=O) groups excluding carboxylic acids is 1. The normalized spacial score (nSPS) is 16.4. The first-order chi connectivity index (χ1) is 12.4. The number of para-hydroxylation sites is 1. The fourth-order valence-corrected chi connectivity index (χ4v) is 4.85. The van der Waals surface area contributed by atoms with Crippen LogP contribution in [0.2, 0.25) is 0 Å². The first kappa shape index (κ1) is 19.1. The van der Waals surface area contributed by atoms with E-state index in [9.17, 15) is 13.2 Å². The van der Waals surface area contributed by atoms with Crippen molar-refractivity contribution >= 4 is 37.5 Å². The summed E-state index contributed by atoms with van der Waals surface area (Å²) in [4.78, 5) is 12.7. The number of nitrogens with one attached hydrogen (secondary N) is 1. The van der Waals surface area contributed by atoms with E-state index in [0.29, 0.717) is 30.8 Å². The van der Waals surface area contributed by atoms with Gasteiger partial charge in [-0.1, -0.05) is 34.1 Å². The average molecular weight is 437 g/mol. The van der Waals surface area contributed by atoms with Crippen LogP contribution in [-0.4, -0.2) is 31.7 Å². The molecule has 1 amide bonds. The Morgan fingerprint density at radius 2 is 1.77 bits per heavy atom. The number of aryl methyl sites for hydroxylation is 1. The third-order valence-corrected chi connectivity index (χ3v) is 7.42. The van der Waals surface area contributed by atoms with E-state index in [0.717, 1.165) is 15.7 Å². The maximum absolute atomic E-state index is 12.8. The minimum absolute atomic E-state index is 0.0484. The minimum atomic E-state index is -3.53. The molecule has 1 N–H and O–H groups in total. The van der Waals surface area contributed by atoms with E-state index >= 15 is 0 Å². The van der Waals surface area contributed by atoms with Crippen LogP contribution in [0.3, 0.4) is 0 Å². The Morgan fingerprint density at radius 1 is 1.12 bits per heavy atom. The van der Waals surface area contributed by atoms with Gasteiger partial charge in [0.25, 0.3) is 0 Å². The largest absolute Gasteiger partial charge is 0.326 e. The number of benzene rings is 2. The summed E-state index contributed by atoms with van der Waals surface area (Å²) in [5.41, 5.74) is 1.64. The quantitative estimate of drug-likeness (QED) is 0.792. The maximum atomic E-state index is 12.8. The second kappa shape index (κ2) is 7.90. The number of piperidine rings is 1. The van der Waals surface area contributed by atoms with Crippen LogP contribution in [0.4, 0.5) is 5.69 Å². The molecule has 0 bridgehead atoms. The summed E-state index contributed by atoms with van der Waals surface area (Å²) in [5, 5.41) is 2.90. The van der Waals surface area contributed by atoms with Crippen molar-refractivity contribution in [1.29, 1.82) is 0 Å². The molecule has 0 atom stereocenters. The van der Waals surface area contributed by atoms with Crippen molar-refractivity contribution in [2.24, 2.45) is 5.92 Å². The molecular formula is C19H21BrN2O3S. The van der Waals surface area contributed by atoms with Crippen LogP contribution < -0.4 is 5.32 Å². The van der Waals surface area contributed by atoms with Gasteiger partial charge in [0.15, 0.2) is 0 Å². The van der Waals surface area contributed by atoms with Gasteiger partial charge in [-0.3, -0.25) is 4.79 Å². The number of hydrogen-bond donors (Lipinski definition) is 1.